The van der Waals surface area contributed by atoms with E-state index in [1.165, 1.54) is 17.0 Å². The van der Waals surface area contributed by atoms with Crippen LogP contribution in [-0.4, -0.2) is 61.4 Å². The molecular weight excluding hydrogens is 421 g/mol. The summed E-state index contributed by atoms with van der Waals surface area (Å²) in [6.07, 6.45) is 2.74. The zero-order valence-corrected chi connectivity index (χ0v) is 19.2. The average molecular weight is 452 g/mol. The summed E-state index contributed by atoms with van der Waals surface area (Å²) < 4.78 is 19.0. The number of halogens is 1. The number of methoxy groups -OCH3 is 1. The van der Waals surface area contributed by atoms with Crippen LogP contribution in [0, 0.1) is 5.82 Å². The van der Waals surface area contributed by atoms with Crippen LogP contribution in [-0.2, 0) is 9.59 Å². The Kier molecular flexibility index (Phi) is 6.96. The van der Waals surface area contributed by atoms with Gasteiger partial charge in [0.25, 0.3) is 11.8 Å². The molecule has 0 radical (unpaired) electrons. The van der Waals surface area contributed by atoms with Gasteiger partial charge < -0.3 is 14.5 Å². The first-order valence-electron chi connectivity index (χ1n) is 11.5. The first-order valence-corrected chi connectivity index (χ1v) is 11.5. The number of hydrogen-bond donors (Lipinski definition) is 0. The van der Waals surface area contributed by atoms with E-state index in [1.54, 1.807) is 19.2 Å². The molecule has 7 heteroatoms. The summed E-state index contributed by atoms with van der Waals surface area (Å²) >= 11 is 0. The van der Waals surface area contributed by atoms with Gasteiger partial charge in [-0.05, 0) is 36.2 Å². The number of ether oxygens (including phenoxy) is 1. The molecule has 0 unspecified atom stereocenters. The van der Waals surface area contributed by atoms with Crippen LogP contribution in [0.4, 0.5) is 10.1 Å². The quantitative estimate of drug-likeness (QED) is 0.450. The Bertz CT molecular complexity index is 1040. The molecule has 0 bridgehead atoms. The molecule has 0 aliphatic carbocycles. The highest BCUT2D eigenvalue weighted by atomic mass is 19.1. The van der Waals surface area contributed by atoms with Gasteiger partial charge in [-0.3, -0.25) is 14.5 Å². The van der Waals surface area contributed by atoms with E-state index in [2.05, 4.69) is 11.8 Å². The Morgan fingerprint density at radius 3 is 2.21 bits per heavy atom. The number of benzene rings is 2. The fourth-order valence-electron chi connectivity index (χ4n) is 4.52. The molecule has 2 aliphatic heterocycles. The minimum absolute atomic E-state index is 0.249. The average Bonchev–Trinajstić information content (AvgIpc) is 3.09. The fraction of sp³-hybridized carbons (Fsp3) is 0.385. The molecular formula is C26H30FN3O3. The highest BCUT2D eigenvalue weighted by Gasteiger charge is 2.41. The molecule has 0 aromatic heterocycles. The van der Waals surface area contributed by atoms with Crippen LogP contribution < -0.4 is 9.64 Å². The van der Waals surface area contributed by atoms with Crippen molar-refractivity contribution in [1.82, 2.24) is 9.80 Å². The summed E-state index contributed by atoms with van der Waals surface area (Å²) in [5, 5.41) is 0. The number of nitrogens with zero attached hydrogens (tertiary/aromatic N) is 3. The smallest absolute Gasteiger partial charge is 0.277 e. The molecule has 0 saturated carbocycles. The van der Waals surface area contributed by atoms with Crippen molar-refractivity contribution < 1.29 is 18.7 Å². The summed E-state index contributed by atoms with van der Waals surface area (Å²) in [5.41, 5.74) is 2.40. The van der Waals surface area contributed by atoms with Gasteiger partial charge in [0.05, 0.1) is 18.4 Å². The second kappa shape index (κ2) is 10.1. The van der Waals surface area contributed by atoms with E-state index in [0.717, 1.165) is 30.7 Å². The number of piperazine rings is 1. The summed E-state index contributed by atoms with van der Waals surface area (Å²) in [4.78, 5) is 32.3. The Morgan fingerprint density at radius 2 is 1.55 bits per heavy atom. The van der Waals surface area contributed by atoms with Crippen molar-refractivity contribution in [2.75, 3.05) is 44.7 Å². The van der Waals surface area contributed by atoms with Gasteiger partial charge in [0.15, 0.2) is 0 Å². The van der Waals surface area contributed by atoms with Gasteiger partial charge in [0.2, 0.25) is 0 Å². The third-order valence-corrected chi connectivity index (χ3v) is 6.28. The normalized spacial score (nSPS) is 16.8. The first-order chi connectivity index (χ1) is 16.0. The summed E-state index contributed by atoms with van der Waals surface area (Å²) in [6, 6.07) is 13.7. The van der Waals surface area contributed by atoms with Gasteiger partial charge >= 0.3 is 0 Å². The van der Waals surface area contributed by atoms with Gasteiger partial charge in [0.1, 0.15) is 17.3 Å². The van der Waals surface area contributed by atoms with Gasteiger partial charge in [-0.15, -0.1) is 0 Å². The van der Waals surface area contributed by atoms with Crippen molar-refractivity contribution in [1.29, 1.82) is 0 Å². The number of imide groups is 1. The first kappa shape index (κ1) is 22.8. The molecule has 2 aromatic rings. The molecule has 1 saturated heterocycles. The summed E-state index contributed by atoms with van der Waals surface area (Å²) in [5.74, 6) is -0.0969. The van der Waals surface area contributed by atoms with Crippen LogP contribution in [0.25, 0.3) is 5.57 Å². The number of para-hydroxylation sites is 2. The highest BCUT2D eigenvalue weighted by Crippen LogP contribution is 2.34. The molecule has 0 spiro atoms. The zero-order chi connectivity index (χ0) is 23.4. The van der Waals surface area contributed by atoms with Crippen molar-refractivity contribution >= 4 is 23.1 Å². The standard InChI is InChI=1S/C26H30FN3O3/c1-3-4-7-14-30-25(31)23(19-10-12-20(27)13-11-19)24(26(30)32)29-17-15-28(16-18-29)21-8-5-6-9-22(21)33-2/h5-6,8-13H,3-4,7,14-18H2,1-2H3. The fourth-order valence-corrected chi connectivity index (χ4v) is 4.52. The SMILES string of the molecule is CCCCCN1C(=O)C(c2ccc(F)cc2)=C(N2CCN(c3ccccc3OC)CC2)C1=O. The second-order valence-corrected chi connectivity index (χ2v) is 8.35. The van der Waals surface area contributed by atoms with Gasteiger partial charge in [-0.2, -0.15) is 0 Å². The van der Waals surface area contributed by atoms with Gasteiger partial charge in [0, 0.05) is 32.7 Å². The number of carbonyl (C=O) groups excluding carboxylic acids is 2. The topological polar surface area (TPSA) is 53.1 Å². The maximum Gasteiger partial charge on any atom is 0.277 e. The van der Waals surface area contributed by atoms with Crippen LogP contribution in [0.2, 0.25) is 0 Å². The van der Waals surface area contributed by atoms with Crippen LogP contribution in [0.15, 0.2) is 54.2 Å². The number of hydrogen-bond acceptors (Lipinski definition) is 5. The number of amides is 2. The molecule has 2 aromatic carbocycles. The second-order valence-electron chi connectivity index (χ2n) is 8.35. The third-order valence-electron chi connectivity index (χ3n) is 6.28. The van der Waals surface area contributed by atoms with E-state index < -0.39 is 0 Å². The van der Waals surface area contributed by atoms with Crippen molar-refractivity contribution in [2.45, 2.75) is 26.2 Å². The summed E-state index contributed by atoms with van der Waals surface area (Å²) in [7, 11) is 1.66. The minimum Gasteiger partial charge on any atom is -0.495 e. The Labute approximate surface area is 194 Å². The van der Waals surface area contributed by atoms with E-state index in [9.17, 15) is 14.0 Å². The molecule has 0 atom stereocenters. The lowest BCUT2D eigenvalue weighted by Gasteiger charge is -2.38. The Balaban J connectivity index is 1.60. The van der Waals surface area contributed by atoms with Crippen molar-refractivity contribution in [3.8, 4) is 5.75 Å². The predicted molar refractivity (Wildman–Crippen MR) is 126 cm³/mol. The maximum atomic E-state index is 13.5. The third kappa shape index (κ3) is 4.58. The number of carbonyl (C=O) groups is 2. The molecule has 2 aliphatic rings. The predicted octanol–water partition coefficient (Wildman–Crippen LogP) is 3.93. The molecule has 6 nitrogen and oxygen atoms in total. The number of unbranched alkanes of at least 4 members (excludes halogenated alkanes) is 2. The minimum atomic E-state index is -0.372. The van der Waals surface area contributed by atoms with Crippen LogP contribution in [0.5, 0.6) is 5.75 Å². The Hall–Kier alpha value is -3.35. The van der Waals surface area contributed by atoms with Crippen molar-refractivity contribution in [3.05, 3.63) is 65.6 Å². The van der Waals surface area contributed by atoms with E-state index >= 15 is 0 Å². The molecule has 4 rings (SSSR count). The van der Waals surface area contributed by atoms with Gasteiger partial charge in [-0.25, -0.2) is 4.39 Å². The molecule has 1 fully saturated rings. The number of anilines is 1. The molecule has 2 heterocycles. The van der Waals surface area contributed by atoms with E-state index in [0.29, 0.717) is 49.6 Å². The van der Waals surface area contributed by atoms with Crippen molar-refractivity contribution in [3.63, 3.8) is 0 Å². The van der Waals surface area contributed by atoms with E-state index in [1.807, 2.05) is 29.2 Å². The van der Waals surface area contributed by atoms with Crippen LogP contribution in [0.3, 0.4) is 0 Å². The Morgan fingerprint density at radius 1 is 0.879 bits per heavy atom. The lowest BCUT2D eigenvalue weighted by Crippen LogP contribution is -2.47. The zero-order valence-electron chi connectivity index (χ0n) is 19.2. The molecule has 174 valence electrons. The lowest BCUT2D eigenvalue weighted by atomic mass is 10.0. The van der Waals surface area contributed by atoms with Crippen molar-refractivity contribution in [2.24, 2.45) is 0 Å². The number of rotatable bonds is 8. The van der Waals surface area contributed by atoms with Crippen LogP contribution >= 0.6 is 0 Å². The van der Waals surface area contributed by atoms with Gasteiger partial charge in [-0.1, -0.05) is 44.0 Å². The lowest BCUT2D eigenvalue weighted by molar-refractivity contribution is -0.137. The summed E-state index contributed by atoms with van der Waals surface area (Å²) in [6.45, 7) is 5.07. The van der Waals surface area contributed by atoms with Crippen LogP contribution in [0.1, 0.15) is 31.7 Å². The van der Waals surface area contributed by atoms with E-state index in [-0.39, 0.29) is 17.6 Å². The molecule has 2 amide bonds. The largest absolute Gasteiger partial charge is 0.495 e. The maximum absolute atomic E-state index is 13.5. The van der Waals surface area contributed by atoms with E-state index in [4.69, 9.17) is 4.74 Å². The monoisotopic (exact) mass is 451 g/mol. The highest BCUT2D eigenvalue weighted by molar-refractivity contribution is 6.35. The molecule has 33 heavy (non-hydrogen) atoms. The molecule has 0 N–H and O–H groups in total.